The average Bonchev–Trinajstić information content (AvgIpc) is 2.43. The lowest BCUT2D eigenvalue weighted by Crippen LogP contribution is -2.48. The Bertz CT molecular complexity index is 221. The van der Waals surface area contributed by atoms with E-state index in [2.05, 4.69) is 10.2 Å². The second-order valence-corrected chi connectivity index (χ2v) is 5.89. The molecule has 18 heavy (non-hydrogen) atoms. The van der Waals surface area contributed by atoms with Gasteiger partial charge in [0.15, 0.2) is 0 Å². The number of fused-ring (bicyclic) bond motifs is 1. The van der Waals surface area contributed by atoms with Crippen LogP contribution in [0, 0.1) is 5.92 Å². The van der Waals surface area contributed by atoms with Gasteiger partial charge in [0.25, 0.3) is 0 Å². The van der Waals surface area contributed by atoms with Crippen molar-refractivity contribution >= 4 is 0 Å². The normalized spacial score (nSPS) is 29.2. The molecule has 2 unspecified atom stereocenters. The molecule has 3 heteroatoms. The number of nitrogens with zero attached hydrogens (tertiary/aromatic N) is 1. The van der Waals surface area contributed by atoms with Gasteiger partial charge in [-0.3, -0.25) is 4.90 Å². The molecule has 1 N–H and O–H groups in total. The summed E-state index contributed by atoms with van der Waals surface area (Å²) < 4.78 is 5.06. The van der Waals surface area contributed by atoms with Crippen LogP contribution in [0.3, 0.4) is 0 Å². The summed E-state index contributed by atoms with van der Waals surface area (Å²) in [7, 11) is 1.77. The number of ether oxygens (including phenoxy) is 1. The second kappa shape index (κ2) is 8.13. The molecule has 2 aliphatic rings. The van der Waals surface area contributed by atoms with E-state index in [9.17, 15) is 0 Å². The van der Waals surface area contributed by atoms with E-state index in [1.54, 1.807) is 7.11 Å². The maximum absolute atomic E-state index is 5.06. The van der Waals surface area contributed by atoms with E-state index in [1.165, 1.54) is 51.6 Å². The maximum Gasteiger partial charge on any atom is 0.0474 e. The van der Waals surface area contributed by atoms with E-state index < -0.39 is 0 Å². The van der Waals surface area contributed by atoms with Crippen LogP contribution >= 0.6 is 0 Å². The molecule has 1 saturated carbocycles. The largest absolute Gasteiger partial charge is 0.385 e. The third kappa shape index (κ3) is 4.22. The number of piperidine rings is 1. The van der Waals surface area contributed by atoms with Crippen molar-refractivity contribution in [2.45, 2.75) is 51.0 Å². The van der Waals surface area contributed by atoms with Gasteiger partial charge in [-0.05, 0) is 51.1 Å². The third-order valence-corrected chi connectivity index (χ3v) is 4.64. The Kier molecular flexibility index (Phi) is 6.46. The van der Waals surface area contributed by atoms with Gasteiger partial charge < -0.3 is 10.1 Å². The molecule has 0 aromatic heterocycles. The van der Waals surface area contributed by atoms with Crippen LogP contribution in [-0.4, -0.2) is 50.8 Å². The summed E-state index contributed by atoms with van der Waals surface area (Å²) >= 11 is 0. The van der Waals surface area contributed by atoms with Gasteiger partial charge in [-0.25, -0.2) is 0 Å². The summed E-state index contributed by atoms with van der Waals surface area (Å²) in [5.74, 6) is 1.01. The van der Waals surface area contributed by atoms with Crippen LogP contribution in [0.15, 0.2) is 0 Å². The minimum Gasteiger partial charge on any atom is -0.385 e. The molecule has 1 aliphatic heterocycles. The van der Waals surface area contributed by atoms with Gasteiger partial charge in [0.05, 0.1) is 0 Å². The highest BCUT2D eigenvalue weighted by Crippen LogP contribution is 2.34. The zero-order valence-electron chi connectivity index (χ0n) is 12.0. The number of methoxy groups -OCH3 is 1. The molecule has 2 fully saturated rings. The Labute approximate surface area is 112 Å². The Morgan fingerprint density at radius 2 is 1.94 bits per heavy atom. The van der Waals surface area contributed by atoms with Crippen molar-refractivity contribution in [3.05, 3.63) is 0 Å². The lowest BCUT2D eigenvalue weighted by molar-refractivity contribution is 0.0618. The Hall–Kier alpha value is -0.120. The quantitative estimate of drug-likeness (QED) is 0.705. The van der Waals surface area contributed by atoms with Gasteiger partial charge in [0.2, 0.25) is 0 Å². The Morgan fingerprint density at radius 1 is 1.11 bits per heavy atom. The van der Waals surface area contributed by atoms with E-state index in [1.807, 2.05) is 0 Å². The topological polar surface area (TPSA) is 24.5 Å². The zero-order chi connectivity index (χ0) is 12.6. The molecule has 1 saturated heterocycles. The van der Waals surface area contributed by atoms with Crippen LogP contribution in [0.5, 0.6) is 0 Å². The molecule has 3 nitrogen and oxygen atoms in total. The molecule has 2 atom stereocenters. The van der Waals surface area contributed by atoms with Crippen molar-refractivity contribution in [2.75, 3.05) is 39.9 Å². The summed E-state index contributed by atoms with van der Waals surface area (Å²) in [6.07, 6.45) is 9.91. The molecule has 0 spiro atoms. The molecule has 0 bridgehead atoms. The Balaban J connectivity index is 1.62. The smallest absolute Gasteiger partial charge is 0.0474 e. The van der Waals surface area contributed by atoms with Crippen molar-refractivity contribution in [1.29, 1.82) is 0 Å². The monoisotopic (exact) mass is 254 g/mol. The zero-order valence-corrected chi connectivity index (χ0v) is 12.0. The van der Waals surface area contributed by atoms with Crippen LogP contribution < -0.4 is 5.32 Å². The molecule has 2 rings (SSSR count). The van der Waals surface area contributed by atoms with E-state index >= 15 is 0 Å². The fourth-order valence-electron chi connectivity index (χ4n) is 3.69. The van der Waals surface area contributed by atoms with E-state index in [0.29, 0.717) is 0 Å². The SMILES string of the molecule is COCCCNCCN1CCCC2CCCCC21. The predicted molar refractivity (Wildman–Crippen MR) is 75.9 cm³/mol. The van der Waals surface area contributed by atoms with Gasteiger partial charge in [-0.1, -0.05) is 12.8 Å². The fraction of sp³-hybridized carbons (Fsp3) is 1.00. The first-order valence-corrected chi connectivity index (χ1v) is 7.85. The van der Waals surface area contributed by atoms with Gasteiger partial charge >= 0.3 is 0 Å². The average molecular weight is 254 g/mol. The van der Waals surface area contributed by atoms with Crippen molar-refractivity contribution in [1.82, 2.24) is 10.2 Å². The molecule has 0 amide bonds. The number of nitrogens with one attached hydrogen (secondary N) is 1. The van der Waals surface area contributed by atoms with Crippen LogP contribution in [-0.2, 0) is 4.74 Å². The fourth-order valence-corrected chi connectivity index (χ4v) is 3.69. The lowest BCUT2D eigenvalue weighted by Gasteiger charge is -2.44. The Morgan fingerprint density at radius 3 is 2.83 bits per heavy atom. The standard InChI is InChI=1S/C15H30N2O/c1-18-13-5-9-16-10-12-17-11-4-7-14-6-2-3-8-15(14)17/h14-16H,2-13H2,1H3. The van der Waals surface area contributed by atoms with Crippen LogP contribution in [0.1, 0.15) is 44.9 Å². The summed E-state index contributed by atoms with van der Waals surface area (Å²) in [6, 6.07) is 0.910. The number of hydrogen-bond donors (Lipinski definition) is 1. The van der Waals surface area contributed by atoms with Crippen LogP contribution in [0.4, 0.5) is 0 Å². The van der Waals surface area contributed by atoms with E-state index in [-0.39, 0.29) is 0 Å². The maximum atomic E-state index is 5.06. The summed E-state index contributed by atoms with van der Waals surface area (Å²) in [5.41, 5.74) is 0. The predicted octanol–water partition coefficient (Wildman–Crippen LogP) is 2.27. The van der Waals surface area contributed by atoms with Crippen LogP contribution in [0.25, 0.3) is 0 Å². The molecular weight excluding hydrogens is 224 g/mol. The molecular formula is C15H30N2O. The molecule has 0 aromatic carbocycles. The van der Waals surface area contributed by atoms with Gasteiger partial charge in [0, 0.05) is 32.8 Å². The molecule has 0 aromatic rings. The van der Waals surface area contributed by atoms with E-state index in [0.717, 1.165) is 38.1 Å². The second-order valence-electron chi connectivity index (χ2n) is 5.89. The summed E-state index contributed by atoms with van der Waals surface area (Å²) in [5, 5.41) is 3.54. The molecule has 106 valence electrons. The van der Waals surface area contributed by atoms with Crippen molar-refractivity contribution in [3.8, 4) is 0 Å². The van der Waals surface area contributed by atoms with E-state index in [4.69, 9.17) is 4.74 Å². The first-order valence-electron chi connectivity index (χ1n) is 7.85. The molecule has 1 aliphatic carbocycles. The number of hydrogen-bond acceptors (Lipinski definition) is 3. The molecule has 1 heterocycles. The lowest BCUT2D eigenvalue weighted by atomic mass is 9.78. The van der Waals surface area contributed by atoms with Crippen molar-refractivity contribution in [2.24, 2.45) is 5.92 Å². The molecule has 0 radical (unpaired) electrons. The van der Waals surface area contributed by atoms with Crippen molar-refractivity contribution < 1.29 is 4.74 Å². The van der Waals surface area contributed by atoms with Gasteiger partial charge in [-0.15, -0.1) is 0 Å². The highest BCUT2D eigenvalue weighted by molar-refractivity contribution is 4.87. The summed E-state index contributed by atoms with van der Waals surface area (Å²) in [6.45, 7) is 5.69. The first kappa shape index (κ1) is 14.3. The van der Waals surface area contributed by atoms with Crippen molar-refractivity contribution in [3.63, 3.8) is 0 Å². The highest BCUT2D eigenvalue weighted by atomic mass is 16.5. The van der Waals surface area contributed by atoms with Gasteiger partial charge in [-0.2, -0.15) is 0 Å². The van der Waals surface area contributed by atoms with Gasteiger partial charge in [0.1, 0.15) is 0 Å². The number of rotatable bonds is 7. The number of likely N-dealkylation sites (tertiary alicyclic amines) is 1. The minimum atomic E-state index is 0.876. The first-order chi connectivity index (χ1) is 8.92. The summed E-state index contributed by atoms with van der Waals surface area (Å²) in [4.78, 5) is 2.76. The highest BCUT2D eigenvalue weighted by Gasteiger charge is 2.32. The minimum absolute atomic E-state index is 0.876. The van der Waals surface area contributed by atoms with Crippen LogP contribution in [0.2, 0.25) is 0 Å². The third-order valence-electron chi connectivity index (χ3n) is 4.64.